The molecule has 0 saturated carbocycles. The van der Waals surface area contributed by atoms with E-state index in [0.717, 1.165) is 12.2 Å². The van der Waals surface area contributed by atoms with Crippen molar-refractivity contribution in [2.24, 2.45) is 0 Å². The number of carbonyl (C=O) groups excluding carboxylic acids is 1. The smallest absolute Gasteiger partial charge is 0.267 e. The summed E-state index contributed by atoms with van der Waals surface area (Å²) < 4.78 is 0. The summed E-state index contributed by atoms with van der Waals surface area (Å²) in [5.74, 6) is -0.0919. The number of hydrogen-bond donors (Lipinski definition) is 1. The number of nitrogens with one attached hydrogen (secondary N) is 1. The molecule has 0 unspecified atom stereocenters. The first kappa shape index (κ1) is 12.2. The third kappa shape index (κ3) is 3.36. The molecule has 0 radical (unpaired) electrons. The van der Waals surface area contributed by atoms with Crippen LogP contribution in [0.4, 0.5) is 5.13 Å². The molecular formula is C11H13N3OS2. The minimum atomic E-state index is -0.0919. The number of hydrogen-bond acceptors (Lipinski definition) is 5. The molecule has 0 aliphatic rings. The third-order valence-electron chi connectivity index (χ3n) is 2.00. The molecule has 90 valence electrons. The van der Waals surface area contributed by atoms with Crippen LogP contribution in [0.5, 0.6) is 0 Å². The minimum Gasteiger partial charge on any atom is -0.304 e. The average Bonchev–Trinajstić information content (AvgIpc) is 2.87. The van der Waals surface area contributed by atoms with Gasteiger partial charge in [-0.05, 0) is 25.5 Å². The summed E-state index contributed by atoms with van der Waals surface area (Å²) in [6.07, 6.45) is 0. The van der Waals surface area contributed by atoms with Gasteiger partial charge in [0.2, 0.25) is 0 Å². The number of aromatic nitrogens is 1. The van der Waals surface area contributed by atoms with Crippen molar-refractivity contribution in [3.63, 3.8) is 0 Å². The van der Waals surface area contributed by atoms with Crippen molar-refractivity contribution in [1.82, 2.24) is 9.88 Å². The number of anilines is 1. The lowest BCUT2D eigenvalue weighted by Crippen LogP contribution is -2.12. The van der Waals surface area contributed by atoms with Gasteiger partial charge < -0.3 is 4.90 Å². The van der Waals surface area contributed by atoms with Crippen LogP contribution >= 0.6 is 22.7 Å². The number of thiophene rings is 1. The van der Waals surface area contributed by atoms with Crippen LogP contribution in [-0.2, 0) is 6.54 Å². The van der Waals surface area contributed by atoms with E-state index in [9.17, 15) is 4.79 Å². The Morgan fingerprint density at radius 3 is 2.94 bits per heavy atom. The Morgan fingerprint density at radius 1 is 1.47 bits per heavy atom. The van der Waals surface area contributed by atoms with E-state index in [1.54, 1.807) is 6.07 Å². The highest BCUT2D eigenvalue weighted by Crippen LogP contribution is 2.18. The lowest BCUT2D eigenvalue weighted by Gasteiger charge is -2.05. The van der Waals surface area contributed by atoms with Crippen molar-refractivity contribution in [1.29, 1.82) is 0 Å². The molecule has 2 aromatic heterocycles. The van der Waals surface area contributed by atoms with E-state index in [0.29, 0.717) is 10.0 Å². The normalized spacial score (nSPS) is 10.8. The van der Waals surface area contributed by atoms with Gasteiger partial charge >= 0.3 is 0 Å². The van der Waals surface area contributed by atoms with Crippen LogP contribution in [0, 0.1) is 0 Å². The van der Waals surface area contributed by atoms with Gasteiger partial charge in [-0.25, -0.2) is 4.98 Å². The summed E-state index contributed by atoms with van der Waals surface area (Å²) in [5, 5.41) is 7.30. The van der Waals surface area contributed by atoms with Crippen LogP contribution in [0.1, 0.15) is 15.4 Å². The summed E-state index contributed by atoms with van der Waals surface area (Å²) in [6, 6.07) is 3.66. The Labute approximate surface area is 108 Å². The number of carbonyl (C=O) groups is 1. The lowest BCUT2D eigenvalue weighted by atomic mass is 10.4. The second-order valence-electron chi connectivity index (χ2n) is 3.81. The lowest BCUT2D eigenvalue weighted by molar-refractivity contribution is 0.103. The van der Waals surface area contributed by atoms with E-state index in [1.807, 2.05) is 35.8 Å². The maximum absolute atomic E-state index is 11.8. The van der Waals surface area contributed by atoms with E-state index in [2.05, 4.69) is 10.3 Å². The van der Waals surface area contributed by atoms with Crippen LogP contribution in [0.15, 0.2) is 22.9 Å². The van der Waals surface area contributed by atoms with Gasteiger partial charge in [-0.3, -0.25) is 10.1 Å². The molecular weight excluding hydrogens is 254 g/mol. The van der Waals surface area contributed by atoms with E-state index < -0.39 is 0 Å². The first-order valence-corrected chi connectivity index (χ1v) is 6.85. The molecule has 0 aliphatic heterocycles. The fraction of sp³-hybridized carbons (Fsp3) is 0.273. The highest BCUT2D eigenvalue weighted by molar-refractivity contribution is 7.14. The zero-order chi connectivity index (χ0) is 12.3. The Hall–Kier alpha value is -1.24. The van der Waals surface area contributed by atoms with Crippen molar-refractivity contribution < 1.29 is 4.79 Å². The van der Waals surface area contributed by atoms with Crippen LogP contribution in [-0.4, -0.2) is 29.9 Å². The molecule has 4 nitrogen and oxygen atoms in total. The van der Waals surface area contributed by atoms with Gasteiger partial charge in [0.15, 0.2) is 5.13 Å². The fourth-order valence-electron chi connectivity index (χ4n) is 1.33. The topological polar surface area (TPSA) is 45.2 Å². The van der Waals surface area contributed by atoms with Crippen molar-refractivity contribution in [2.75, 3.05) is 19.4 Å². The van der Waals surface area contributed by atoms with Crippen LogP contribution in [0.25, 0.3) is 0 Å². The van der Waals surface area contributed by atoms with Crippen molar-refractivity contribution in [3.8, 4) is 0 Å². The van der Waals surface area contributed by atoms with Crippen LogP contribution in [0.2, 0.25) is 0 Å². The molecule has 1 N–H and O–H groups in total. The number of amides is 1. The predicted octanol–water partition coefficient (Wildman–Crippen LogP) is 2.52. The number of rotatable bonds is 4. The molecule has 1 amide bonds. The Balaban J connectivity index is 1.99. The van der Waals surface area contributed by atoms with Gasteiger partial charge in [-0.2, -0.15) is 0 Å². The van der Waals surface area contributed by atoms with Gasteiger partial charge in [0.1, 0.15) is 0 Å². The quantitative estimate of drug-likeness (QED) is 0.926. The Kier molecular flexibility index (Phi) is 3.88. The molecule has 0 bridgehead atoms. The van der Waals surface area contributed by atoms with E-state index >= 15 is 0 Å². The predicted molar refractivity (Wildman–Crippen MR) is 71.8 cm³/mol. The van der Waals surface area contributed by atoms with E-state index in [-0.39, 0.29) is 5.91 Å². The minimum absolute atomic E-state index is 0.0919. The van der Waals surface area contributed by atoms with Crippen molar-refractivity contribution in [2.45, 2.75) is 6.54 Å². The van der Waals surface area contributed by atoms with Crippen LogP contribution in [0.3, 0.4) is 0 Å². The largest absolute Gasteiger partial charge is 0.304 e. The zero-order valence-electron chi connectivity index (χ0n) is 9.64. The van der Waals surface area contributed by atoms with E-state index in [1.165, 1.54) is 22.7 Å². The fourth-order valence-corrected chi connectivity index (χ4v) is 2.64. The van der Waals surface area contributed by atoms with Gasteiger partial charge in [-0.15, -0.1) is 22.7 Å². The molecule has 0 spiro atoms. The maximum Gasteiger partial charge on any atom is 0.267 e. The molecule has 6 heteroatoms. The molecule has 2 rings (SSSR count). The molecule has 0 fully saturated rings. The van der Waals surface area contributed by atoms with E-state index in [4.69, 9.17) is 0 Å². The summed E-state index contributed by atoms with van der Waals surface area (Å²) in [5.41, 5.74) is 0.974. The van der Waals surface area contributed by atoms with Crippen molar-refractivity contribution >= 4 is 33.7 Å². The molecule has 2 aromatic rings. The zero-order valence-corrected chi connectivity index (χ0v) is 11.3. The molecule has 0 saturated heterocycles. The Bertz CT molecular complexity index is 491. The SMILES string of the molecule is CN(C)Cc1csc(NC(=O)c2cccs2)n1. The molecule has 17 heavy (non-hydrogen) atoms. The monoisotopic (exact) mass is 267 g/mol. The maximum atomic E-state index is 11.8. The average molecular weight is 267 g/mol. The first-order chi connectivity index (χ1) is 8.15. The third-order valence-corrected chi connectivity index (χ3v) is 3.67. The van der Waals surface area contributed by atoms with Crippen molar-refractivity contribution in [3.05, 3.63) is 33.5 Å². The second-order valence-corrected chi connectivity index (χ2v) is 5.62. The molecule has 0 aliphatic carbocycles. The first-order valence-electron chi connectivity index (χ1n) is 5.09. The number of nitrogens with zero attached hydrogens (tertiary/aromatic N) is 2. The summed E-state index contributed by atoms with van der Waals surface area (Å²) in [4.78, 5) is 18.9. The highest BCUT2D eigenvalue weighted by atomic mass is 32.1. The summed E-state index contributed by atoms with van der Waals surface area (Å²) in [6.45, 7) is 0.783. The van der Waals surface area contributed by atoms with Gasteiger partial charge in [0.05, 0.1) is 10.6 Å². The standard InChI is InChI=1S/C11H13N3OS2/c1-14(2)6-8-7-17-11(12-8)13-10(15)9-4-3-5-16-9/h3-5,7H,6H2,1-2H3,(H,12,13,15). The summed E-state index contributed by atoms with van der Waals surface area (Å²) in [7, 11) is 3.98. The van der Waals surface area contributed by atoms with Gasteiger partial charge in [0.25, 0.3) is 5.91 Å². The van der Waals surface area contributed by atoms with Gasteiger partial charge in [0, 0.05) is 11.9 Å². The molecule has 0 aromatic carbocycles. The Morgan fingerprint density at radius 2 is 2.29 bits per heavy atom. The molecule has 2 heterocycles. The highest BCUT2D eigenvalue weighted by Gasteiger charge is 2.09. The van der Waals surface area contributed by atoms with Crippen LogP contribution < -0.4 is 5.32 Å². The summed E-state index contributed by atoms with van der Waals surface area (Å²) >= 11 is 2.88. The number of thiazole rings is 1. The van der Waals surface area contributed by atoms with Gasteiger partial charge in [-0.1, -0.05) is 6.07 Å². The second kappa shape index (κ2) is 5.39. The molecule has 0 atom stereocenters.